The average Bonchev–Trinajstić information content (AvgIpc) is 3.22. The maximum atomic E-state index is 12.6. The summed E-state index contributed by atoms with van der Waals surface area (Å²) in [5.74, 6) is 1.23. The minimum absolute atomic E-state index is 0.0328. The van der Waals surface area contributed by atoms with Crippen LogP contribution in [0, 0.1) is 5.41 Å². The Morgan fingerprint density at radius 2 is 2.04 bits per heavy atom. The van der Waals surface area contributed by atoms with Crippen LogP contribution >= 0.6 is 0 Å². The second-order valence-electron chi connectivity index (χ2n) is 7.84. The average molecular weight is 342 g/mol. The Kier molecular flexibility index (Phi) is 4.90. The van der Waals surface area contributed by atoms with Crippen LogP contribution in [-0.2, 0) is 11.3 Å². The third-order valence-corrected chi connectivity index (χ3v) is 4.43. The molecule has 2 N–H and O–H groups in total. The Balaban J connectivity index is 1.77. The lowest BCUT2D eigenvalue weighted by molar-refractivity contribution is -0.134. The van der Waals surface area contributed by atoms with Gasteiger partial charge in [0.2, 0.25) is 17.6 Å². The van der Waals surface area contributed by atoms with Gasteiger partial charge in [0, 0.05) is 25.1 Å². The Morgan fingerprint density at radius 1 is 1.32 bits per heavy atom. The van der Waals surface area contributed by atoms with Crippen molar-refractivity contribution in [1.29, 1.82) is 0 Å². The molecule has 1 aliphatic heterocycles. The second-order valence-corrected chi connectivity index (χ2v) is 7.84. The van der Waals surface area contributed by atoms with Crippen LogP contribution in [0.5, 0.6) is 0 Å². The summed E-state index contributed by atoms with van der Waals surface area (Å²) in [6.07, 6.45) is 2.35. The molecule has 1 atom stereocenters. The summed E-state index contributed by atoms with van der Waals surface area (Å²) >= 11 is 0. The zero-order valence-corrected chi connectivity index (χ0v) is 15.2. The molecule has 0 radical (unpaired) electrons. The van der Waals surface area contributed by atoms with E-state index in [1.165, 1.54) is 0 Å². The molecule has 6 nitrogen and oxygen atoms in total. The lowest BCUT2D eigenvalue weighted by Gasteiger charge is -2.26. The van der Waals surface area contributed by atoms with Gasteiger partial charge in [-0.1, -0.05) is 50.2 Å². The minimum Gasteiger partial charge on any atom is -0.337 e. The molecule has 0 saturated carbocycles. The molecule has 0 bridgehead atoms. The van der Waals surface area contributed by atoms with E-state index in [0.29, 0.717) is 24.7 Å². The van der Waals surface area contributed by atoms with Crippen LogP contribution in [0.4, 0.5) is 0 Å². The SMILES string of the molecule is CC(C)(C)CC(=O)N1CCCC1c1nc(-c2ccc(CN)cc2)no1. The molecule has 1 amide bonds. The van der Waals surface area contributed by atoms with Gasteiger partial charge in [0.25, 0.3) is 0 Å². The number of hydrogen-bond donors (Lipinski definition) is 1. The number of benzene rings is 1. The highest BCUT2D eigenvalue weighted by Gasteiger charge is 2.35. The van der Waals surface area contributed by atoms with Gasteiger partial charge in [0.15, 0.2) is 0 Å². The van der Waals surface area contributed by atoms with E-state index in [-0.39, 0.29) is 17.4 Å². The number of rotatable bonds is 4. The van der Waals surface area contributed by atoms with Gasteiger partial charge >= 0.3 is 0 Å². The molecule has 1 aromatic carbocycles. The Bertz CT molecular complexity index is 731. The van der Waals surface area contributed by atoms with Crippen molar-refractivity contribution in [2.45, 2.75) is 52.6 Å². The molecule has 1 saturated heterocycles. The van der Waals surface area contributed by atoms with Crippen molar-refractivity contribution in [3.8, 4) is 11.4 Å². The molecule has 1 aliphatic rings. The van der Waals surface area contributed by atoms with Crippen molar-refractivity contribution in [2.24, 2.45) is 11.1 Å². The summed E-state index contributed by atoms with van der Waals surface area (Å²) in [4.78, 5) is 19.0. The van der Waals surface area contributed by atoms with E-state index in [0.717, 1.165) is 30.5 Å². The van der Waals surface area contributed by atoms with Crippen LogP contribution in [0.15, 0.2) is 28.8 Å². The van der Waals surface area contributed by atoms with Gasteiger partial charge in [-0.3, -0.25) is 4.79 Å². The number of hydrogen-bond acceptors (Lipinski definition) is 5. The fourth-order valence-electron chi connectivity index (χ4n) is 3.15. The predicted octanol–water partition coefficient (Wildman–Crippen LogP) is 3.30. The van der Waals surface area contributed by atoms with Crippen molar-refractivity contribution >= 4 is 5.91 Å². The summed E-state index contributed by atoms with van der Waals surface area (Å²) in [6, 6.07) is 7.68. The zero-order chi connectivity index (χ0) is 18.0. The van der Waals surface area contributed by atoms with E-state index in [1.807, 2.05) is 29.2 Å². The van der Waals surface area contributed by atoms with E-state index in [4.69, 9.17) is 10.3 Å². The molecule has 25 heavy (non-hydrogen) atoms. The third kappa shape index (κ3) is 4.07. The Labute approximate surface area is 148 Å². The summed E-state index contributed by atoms with van der Waals surface area (Å²) in [5, 5.41) is 4.10. The van der Waals surface area contributed by atoms with Crippen LogP contribution < -0.4 is 5.73 Å². The molecule has 2 aromatic rings. The van der Waals surface area contributed by atoms with E-state index >= 15 is 0 Å². The Hall–Kier alpha value is -2.21. The standard InChI is InChI=1S/C19H26N4O2/c1-19(2,3)11-16(24)23-10-4-5-15(23)18-21-17(22-25-18)14-8-6-13(12-20)7-9-14/h6-9,15H,4-5,10-12,20H2,1-3H3. The first-order valence-electron chi connectivity index (χ1n) is 8.80. The number of carbonyl (C=O) groups excluding carboxylic acids is 1. The van der Waals surface area contributed by atoms with Crippen molar-refractivity contribution in [1.82, 2.24) is 15.0 Å². The first kappa shape index (κ1) is 17.6. The van der Waals surface area contributed by atoms with Crippen LogP contribution in [0.25, 0.3) is 11.4 Å². The lowest BCUT2D eigenvalue weighted by Crippen LogP contribution is -2.33. The minimum atomic E-state index is -0.112. The summed E-state index contributed by atoms with van der Waals surface area (Å²) < 4.78 is 5.49. The molecule has 3 rings (SSSR count). The van der Waals surface area contributed by atoms with E-state index < -0.39 is 0 Å². The second kappa shape index (κ2) is 6.96. The molecule has 1 fully saturated rings. The van der Waals surface area contributed by atoms with Gasteiger partial charge in [0.05, 0.1) is 0 Å². The van der Waals surface area contributed by atoms with Crippen LogP contribution in [0.1, 0.15) is 57.5 Å². The number of likely N-dealkylation sites (tertiary alicyclic amines) is 1. The number of amides is 1. The molecule has 1 unspecified atom stereocenters. The van der Waals surface area contributed by atoms with Gasteiger partial charge in [-0.15, -0.1) is 0 Å². The van der Waals surface area contributed by atoms with Crippen LogP contribution in [-0.4, -0.2) is 27.5 Å². The normalized spacial score (nSPS) is 17.9. The quantitative estimate of drug-likeness (QED) is 0.921. The summed E-state index contributed by atoms with van der Waals surface area (Å²) in [7, 11) is 0. The highest BCUT2D eigenvalue weighted by atomic mass is 16.5. The van der Waals surface area contributed by atoms with Gasteiger partial charge in [-0.25, -0.2) is 0 Å². The van der Waals surface area contributed by atoms with Gasteiger partial charge in [0.1, 0.15) is 6.04 Å². The topological polar surface area (TPSA) is 85.2 Å². The number of nitrogens with two attached hydrogens (primary N) is 1. The third-order valence-electron chi connectivity index (χ3n) is 4.43. The zero-order valence-electron chi connectivity index (χ0n) is 15.2. The maximum absolute atomic E-state index is 12.6. The number of carbonyl (C=O) groups is 1. The van der Waals surface area contributed by atoms with Crippen LogP contribution in [0.2, 0.25) is 0 Å². The van der Waals surface area contributed by atoms with Gasteiger partial charge in [-0.05, 0) is 23.8 Å². The fraction of sp³-hybridized carbons (Fsp3) is 0.526. The van der Waals surface area contributed by atoms with Gasteiger partial charge < -0.3 is 15.2 Å². The van der Waals surface area contributed by atoms with Crippen molar-refractivity contribution in [3.05, 3.63) is 35.7 Å². The highest BCUT2D eigenvalue weighted by molar-refractivity contribution is 5.77. The van der Waals surface area contributed by atoms with Crippen molar-refractivity contribution < 1.29 is 9.32 Å². The van der Waals surface area contributed by atoms with Crippen molar-refractivity contribution in [2.75, 3.05) is 6.54 Å². The highest BCUT2D eigenvalue weighted by Crippen LogP contribution is 2.34. The first-order chi connectivity index (χ1) is 11.9. The summed E-state index contributed by atoms with van der Waals surface area (Å²) in [6.45, 7) is 7.48. The largest absolute Gasteiger partial charge is 0.337 e. The molecule has 6 heteroatoms. The molecule has 0 spiro atoms. The summed E-state index contributed by atoms with van der Waals surface area (Å²) in [5.41, 5.74) is 7.54. The molecule has 2 heterocycles. The maximum Gasteiger partial charge on any atom is 0.249 e. The molecular weight excluding hydrogens is 316 g/mol. The molecular formula is C19H26N4O2. The van der Waals surface area contributed by atoms with E-state index in [1.54, 1.807) is 0 Å². The van der Waals surface area contributed by atoms with Gasteiger partial charge in [-0.2, -0.15) is 4.98 Å². The fourth-order valence-corrected chi connectivity index (χ4v) is 3.15. The molecule has 0 aliphatic carbocycles. The predicted molar refractivity (Wildman–Crippen MR) is 95.4 cm³/mol. The van der Waals surface area contributed by atoms with Crippen LogP contribution in [0.3, 0.4) is 0 Å². The number of aromatic nitrogens is 2. The smallest absolute Gasteiger partial charge is 0.249 e. The molecule has 1 aromatic heterocycles. The number of nitrogens with zero attached hydrogens (tertiary/aromatic N) is 3. The monoisotopic (exact) mass is 342 g/mol. The Morgan fingerprint density at radius 3 is 2.68 bits per heavy atom. The van der Waals surface area contributed by atoms with Crippen molar-refractivity contribution in [3.63, 3.8) is 0 Å². The first-order valence-corrected chi connectivity index (χ1v) is 8.80. The molecule has 134 valence electrons. The van der Waals surface area contributed by atoms with E-state index in [2.05, 4.69) is 30.9 Å². The lowest BCUT2D eigenvalue weighted by atomic mass is 9.91. The van der Waals surface area contributed by atoms with E-state index in [9.17, 15) is 4.79 Å².